The minimum absolute atomic E-state index is 0.171. The van der Waals surface area contributed by atoms with E-state index in [2.05, 4.69) is 5.32 Å². The van der Waals surface area contributed by atoms with Crippen molar-refractivity contribution in [2.75, 3.05) is 13.2 Å². The van der Waals surface area contributed by atoms with Gasteiger partial charge in [-0.05, 0) is 31.5 Å². The van der Waals surface area contributed by atoms with E-state index in [4.69, 9.17) is 22.7 Å². The van der Waals surface area contributed by atoms with Gasteiger partial charge in [-0.15, -0.1) is 0 Å². The quantitative estimate of drug-likeness (QED) is 0.603. The zero-order valence-corrected chi connectivity index (χ0v) is 11.4. The van der Waals surface area contributed by atoms with E-state index in [-0.39, 0.29) is 10.9 Å². The Balaban J connectivity index is 2.27. The van der Waals surface area contributed by atoms with Crippen LogP contribution in [-0.4, -0.2) is 24.0 Å². The zero-order chi connectivity index (χ0) is 13.5. The van der Waals surface area contributed by atoms with Crippen molar-refractivity contribution >= 4 is 23.1 Å². The van der Waals surface area contributed by atoms with Crippen LogP contribution in [0.15, 0.2) is 24.3 Å². The smallest absolute Gasteiger partial charge is 0.229 e. The zero-order valence-electron chi connectivity index (χ0n) is 10.6. The third-order valence-electron chi connectivity index (χ3n) is 2.48. The molecule has 0 aromatic heterocycles. The monoisotopic (exact) mass is 266 g/mol. The van der Waals surface area contributed by atoms with Gasteiger partial charge in [0.2, 0.25) is 5.91 Å². The van der Waals surface area contributed by atoms with Gasteiger partial charge in [0.1, 0.15) is 12.4 Å². The molecule has 0 fully saturated rings. The molecule has 0 saturated carbocycles. The number of nitrogens with one attached hydrogen (secondary N) is 1. The molecule has 1 rings (SSSR count). The Labute approximate surface area is 113 Å². The van der Waals surface area contributed by atoms with Crippen LogP contribution in [-0.2, 0) is 4.79 Å². The third-order valence-corrected chi connectivity index (χ3v) is 2.83. The number of hydrogen-bond donors (Lipinski definition) is 2. The molecular weight excluding hydrogens is 248 g/mol. The van der Waals surface area contributed by atoms with E-state index in [1.54, 1.807) is 6.92 Å². The lowest BCUT2D eigenvalue weighted by atomic mass is 10.2. The van der Waals surface area contributed by atoms with Gasteiger partial charge in [-0.2, -0.15) is 0 Å². The first-order chi connectivity index (χ1) is 8.50. The highest BCUT2D eigenvalue weighted by Crippen LogP contribution is 2.11. The summed E-state index contributed by atoms with van der Waals surface area (Å²) in [5, 5.41) is 2.72. The summed E-state index contributed by atoms with van der Waals surface area (Å²) in [6.45, 7) is 4.52. The van der Waals surface area contributed by atoms with Crippen molar-refractivity contribution in [3.05, 3.63) is 29.8 Å². The molecule has 0 radical (unpaired) electrons. The lowest BCUT2D eigenvalue weighted by Gasteiger charge is -2.11. The predicted octanol–water partition coefficient (Wildman–Crippen LogP) is 1.41. The van der Waals surface area contributed by atoms with Crippen molar-refractivity contribution in [1.29, 1.82) is 0 Å². The molecule has 1 amide bonds. The minimum atomic E-state index is -0.445. The first-order valence-electron chi connectivity index (χ1n) is 5.77. The first-order valence-corrected chi connectivity index (χ1v) is 6.18. The fourth-order valence-corrected chi connectivity index (χ4v) is 1.44. The molecule has 0 aliphatic carbocycles. The van der Waals surface area contributed by atoms with Crippen LogP contribution in [0.25, 0.3) is 0 Å². The van der Waals surface area contributed by atoms with Crippen LogP contribution in [0.1, 0.15) is 12.5 Å². The van der Waals surface area contributed by atoms with Crippen molar-refractivity contribution in [3.8, 4) is 5.75 Å². The highest BCUT2D eigenvalue weighted by atomic mass is 32.1. The lowest BCUT2D eigenvalue weighted by Crippen LogP contribution is -2.37. The molecule has 98 valence electrons. The molecule has 1 aromatic rings. The number of benzene rings is 1. The molecule has 0 aliphatic heterocycles. The molecule has 18 heavy (non-hydrogen) atoms. The normalized spacial score (nSPS) is 11.7. The molecule has 0 aliphatic rings. The van der Waals surface area contributed by atoms with E-state index in [9.17, 15) is 4.79 Å². The fraction of sp³-hybridized carbons (Fsp3) is 0.385. The number of amides is 1. The Kier molecular flexibility index (Phi) is 5.58. The molecule has 0 heterocycles. The molecule has 0 bridgehead atoms. The Bertz CT molecular complexity index is 435. The Morgan fingerprint density at radius 2 is 2.28 bits per heavy atom. The topological polar surface area (TPSA) is 64.3 Å². The maximum Gasteiger partial charge on any atom is 0.229 e. The number of aryl methyl sites for hydroxylation is 1. The van der Waals surface area contributed by atoms with Gasteiger partial charge < -0.3 is 15.8 Å². The maximum absolute atomic E-state index is 11.5. The summed E-state index contributed by atoms with van der Waals surface area (Å²) in [7, 11) is 0. The number of carbonyl (C=O) groups is 1. The van der Waals surface area contributed by atoms with Gasteiger partial charge >= 0.3 is 0 Å². The highest BCUT2D eigenvalue weighted by Gasteiger charge is 2.14. The number of ether oxygens (including phenoxy) is 1. The number of hydrogen-bond acceptors (Lipinski definition) is 3. The van der Waals surface area contributed by atoms with Crippen LogP contribution in [0.5, 0.6) is 5.75 Å². The van der Waals surface area contributed by atoms with E-state index in [0.717, 1.165) is 11.3 Å². The van der Waals surface area contributed by atoms with Crippen molar-refractivity contribution in [1.82, 2.24) is 5.32 Å². The van der Waals surface area contributed by atoms with E-state index < -0.39 is 5.92 Å². The molecule has 4 nitrogen and oxygen atoms in total. The maximum atomic E-state index is 11.5. The summed E-state index contributed by atoms with van der Waals surface area (Å²) in [5.41, 5.74) is 6.53. The predicted molar refractivity (Wildman–Crippen MR) is 75.6 cm³/mol. The van der Waals surface area contributed by atoms with Crippen LogP contribution < -0.4 is 15.8 Å². The van der Waals surface area contributed by atoms with Crippen molar-refractivity contribution in [3.63, 3.8) is 0 Å². The van der Waals surface area contributed by atoms with Crippen LogP contribution in [0.3, 0.4) is 0 Å². The molecule has 0 spiro atoms. The van der Waals surface area contributed by atoms with Gasteiger partial charge in [0.05, 0.1) is 17.5 Å². The van der Waals surface area contributed by atoms with Crippen molar-refractivity contribution in [2.24, 2.45) is 11.7 Å². The van der Waals surface area contributed by atoms with Gasteiger partial charge in [-0.3, -0.25) is 4.79 Å². The van der Waals surface area contributed by atoms with Crippen molar-refractivity contribution in [2.45, 2.75) is 13.8 Å². The Morgan fingerprint density at radius 1 is 1.56 bits per heavy atom. The second-order valence-corrected chi connectivity index (χ2v) is 4.55. The molecule has 3 N–H and O–H groups in total. The second kappa shape index (κ2) is 6.96. The summed E-state index contributed by atoms with van der Waals surface area (Å²) in [6.07, 6.45) is 0. The average Bonchev–Trinajstić information content (AvgIpc) is 2.33. The molecule has 1 aromatic carbocycles. The summed E-state index contributed by atoms with van der Waals surface area (Å²) in [5.74, 6) is 0.181. The van der Waals surface area contributed by atoms with Crippen LogP contribution >= 0.6 is 12.2 Å². The van der Waals surface area contributed by atoms with Crippen LogP contribution in [0.4, 0.5) is 0 Å². The molecular formula is C13H18N2O2S. The largest absolute Gasteiger partial charge is 0.492 e. The summed E-state index contributed by atoms with van der Waals surface area (Å²) in [6, 6.07) is 7.75. The van der Waals surface area contributed by atoms with Crippen LogP contribution in [0, 0.1) is 12.8 Å². The van der Waals surface area contributed by atoms with E-state index in [0.29, 0.717) is 13.2 Å². The minimum Gasteiger partial charge on any atom is -0.492 e. The summed E-state index contributed by atoms with van der Waals surface area (Å²) in [4.78, 5) is 11.7. The van der Waals surface area contributed by atoms with Gasteiger partial charge in [0, 0.05) is 0 Å². The number of nitrogens with two attached hydrogens (primary N) is 1. The number of carbonyl (C=O) groups excluding carboxylic acids is 1. The molecule has 1 unspecified atom stereocenters. The van der Waals surface area contributed by atoms with E-state index >= 15 is 0 Å². The van der Waals surface area contributed by atoms with Gasteiger partial charge in [-0.25, -0.2) is 0 Å². The second-order valence-electron chi connectivity index (χ2n) is 4.08. The Morgan fingerprint density at radius 3 is 2.89 bits per heavy atom. The van der Waals surface area contributed by atoms with Gasteiger partial charge in [0.15, 0.2) is 0 Å². The van der Waals surface area contributed by atoms with E-state index in [1.807, 2.05) is 31.2 Å². The van der Waals surface area contributed by atoms with E-state index in [1.165, 1.54) is 0 Å². The lowest BCUT2D eigenvalue weighted by molar-refractivity contribution is -0.122. The van der Waals surface area contributed by atoms with Gasteiger partial charge in [0.25, 0.3) is 0 Å². The average molecular weight is 266 g/mol. The molecule has 0 saturated heterocycles. The number of rotatable bonds is 6. The summed E-state index contributed by atoms with van der Waals surface area (Å²) >= 11 is 4.75. The number of thiocarbonyl (C=S) groups is 1. The SMILES string of the molecule is Cc1cccc(OCCNC(=O)C(C)C(N)=S)c1. The standard InChI is InChI=1S/C13H18N2O2S/c1-9-4-3-5-11(8-9)17-7-6-15-13(16)10(2)12(14)18/h3-5,8,10H,6-7H2,1-2H3,(H2,14,18)(H,15,16). The summed E-state index contributed by atoms with van der Waals surface area (Å²) < 4.78 is 5.50. The third kappa shape index (κ3) is 4.71. The van der Waals surface area contributed by atoms with Crippen molar-refractivity contribution < 1.29 is 9.53 Å². The fourth-order valence-electron chi connectivity index (χ4n) is 1.33. The van der Waals surface area contributed by atoms with Crippen LogP contribution in [0.2, 0.25) is 0 Å². The Hall–Kier alpha value is -1.62. The molecule has 5 heteroatoms. The molecule has 1 atom stereocenters. The highest BCUT2D eigenvalue weighted by molar-refractivity contribution is 7.80. The van der Waals surface area contributed by atoms with Gasteiger partial charge in [-0.1, -0.05) is 24.4 Å². The first kappa shape index (κ1) is 14.4.